The van der Waals surface area contributed by atoms with Gasteiger partial charge < -0.3 is 9.80 Å². The van der Waals surface area contributed by atoms with Gasteiger partial charge in [0.05, 0.1) is 0 Å². The van der Waals surface area contributed by atoms with E-state index in [9.17, 15) is 4.79 Å². The number of carbonyl (C=O) groups is 1. The van der Waals surface area contributed by atoms with E-state index in [1.807, 2.05) is 54.3 Å². The van der Waals surface area contributed by atoms with E-state index >= 15 is 0 Å². The number of amides is 1. The van der Waals surface area contributed by atoms with Crippen molar-refractivity contribution in [2.75, 3.05) is 11.4 Å². The highest BCUT2D eigenvalue weighted by Gasteiger charge is 2.28. The summed E-state index contributed by atoms with van der Waals surface area (Å²) in [5.41, 5.74) is 4.00. The molecular weight excluding hydrogens is 348 g/mol. The lowest BCUT2D eigenvalue weighted by atomic mass is 10.1. The van der Waals surface area contributed by atoms with E-state index in [0.29, 0.717) is 24.8 Å². The molecule has 2 heterocycles. The maximum absolute atomic E-state index is 13.1. The lowest BCUT2D eigenvalue weighted by molar-refractivity contribution is 0.0746. The van der Waals surface area contributed by atoms with E-state index in [4.69, 9.17) is 0 Å². The summed E-state index contributed by atoms with van der Waals surface area (Å²) >= 11 is 0. The maximum Gasteiger partial charge on any atom is 0.272 e. The van der Waals surface area contributed by atoms with Gasteiger partial charge in [-0.25, -0.2) is 9.97 Å². The van der Waals surface area contributed by atoms with E-state index in [2.05, 4.69) is 40.0 Å². The molecule has 0 saturated carbocycles. The van der Waals surface area contributed by atoms with E-state index < -0.39 is 0 Å². The van der Waals surface area contributed by atoms with Gasteiger partial charge in [0.15, 0.2) is 0 Å². The molecule has 0 spiro atoms. The average Bonchev–Trinajstić information content (AvgIpc) is 3.08. The molecule has 3 aromatic rings. The van der Waals surface area contributed by atoms with Crippen LogP contribution in [0.2, 0.25) is 0 Å². The molecule has 1 aromatic heterocycles. The molecule has 0 fully saturated rings. The first kappa shape index (κ1) is 18.2. The van der Waals surface area contributed by atoms with Gasteiger partial charge in [-0.1, -0.05) is 48.5 Å². The van der Waals surface area contributed by atoms with Crippen molar-refractivity contribution in [3.05, 3.63) is 83.8 Å². The lowest BCUT2D eigenvalue weighted by Crippen LogP contribution is -2.31. The zero-order valence-electron chi connectivity index (χ0n) is 16.2. The summed E-state index contributed by atoms with van der Waals surface area (Å²) in [5.74, 6) is 0.696. The molecule has 1 unspecified atom stereocenters. The standard InChI is InChI=1S/C23H24N4O/c1-3-26(15-18-9-5-4-6-10-18)23(28)20-14-22(25-16-24-20)27-17(2)13-19-11-7-8-12-21(19)27/h4-12,14,16-17H,3,13,15H2,1-2H3. The number of para-hydroxylation sites is 1. The molecule has 5 heteroatoms. The number of anilines is 2. The summed E-state index contributed by atoms with van der Waals surface area (Å²) in [5, 5.41) is 0. The predicted molar refractivity (Wildman–Crippen MR) is 111 cm³/mol. The summed E-state index contributed by atoms with van der Waals surface area (Å²) in [7, 11) is 0. The first-order valence-corrected chi connectivity index (χ1v) is 9.69. The number of rotatable bonds is 5. The third-order valence-corrected chi connectivity index (χ3v) is 5.21. The summed E-state index contributed by atoms with van der Waals surface area (Å²) < 4.78 is 0. The van der Waals surface area contributed by atoms with Crippen molar-refractivity contribution in [1.82, 2.24) is 14.9 Å². The number of aromatic nitrogens is 2. The van der Waals surface area contributed by atoms with Crippen LogP contribution >= 0.6 is 0 Å². The van der Waals surface area contributed by atoms with Crippen molar-refractivity contribution in [3.8, 4) is 0 Å². The second-order valence-corrected chi connectivity index (χ2v) is 7.12. The number of hydrogen-bond acceptors (Lipinski definition) is 4. The third kappa shape index (κ3) is 3.48. The highest BCUT2D eigenvalue weighted by molar-refractivity contribution is 5.93. The molecule has 0 radical (unpaired) electrons. The molecule has 5 nitrogen and oxygen atoms in total. The first-order valence-electron chi connectivity index (χ1n) is 9.69. The second kappa shape index (κ2) is 7.80. The minimum Gasteiger partial charge on any atom is -0.333 e. The van der Waals surface area contributed by atoms with Crippen molar-refractivity contribution in [1.29, 1.82) is 0 Å². The van der Waals surface area contributed by atoms with Gasteiger partial charge in [-0.15, -0.1) is 0 Å². The Morgan fingerprint density at radius 3 is 2.64 bits per heavy atom. The van der Waals surface area contributed by atoms with E-state index in [1.54, 1.807) is 0 Å². The third-order valence-electron chi connectivity index (χ3n) is 5.21. The molecule has 28 heavy (non-hydrogen) atoms. The van der Waals surface area contributed by atoms with Gasteiger partial charge in [0, 0.05) is 30.9 Å². The highest BCUT2D eigenvalue weighted by atomic mass is 16.2. The Bertz CT molecular complexity index is 973. The smallest absolute Gasteiger partial charge is 0.272 e. The maximum atomic E-state index is 13.1. The first-order chi connectivity index (χ1) is 13.7. The fourth-order valence-corrected chi connectivity index (χ4v) is 3.80. The lowest BCUT2D eigenvalue weighted by Gasteiger charge is -2.25. The highest BCUT2D eigenvalue weighted by Crippen LogP contribution is 2.37. The summed E-state index contributed by atoms with van der Waals surface area (Å²) in [6, 6.07) is 20.5. The zero-order chi connectivity index (χ0) is 19.5. The van der Waals surface area contributed by atoms with Crippen LogP contribution in [0.25, 0.3) is 0 Å². The summed E-state index contributed by atoms with van der Waals surface area (Å²) in [4.78, 5) is 25.8. The van der Waals surface area contributed by atoms with Gasteiger partial charge in [0.1, 0.15) is 17.8 Å². The Kier molecular flexibility index (Phi) is 5.06. The molecule has 1 amide bonds. The zero-order valence-corrected chi connectivity index (χ0v) is 16.2. The summed E-state index contributed by atoms with van der Waals surface area (Å²) in [6.07, 6.45) is 2.46. The molecule has 1 atom stereocenters. The van der Waals surface area contributed by atoms with Gasteiger partial charge >= 0.3 is 0 Å². The van der Waals surface area contributed by atoms with Crippen LogP contribution in [0.15, 0.2) is 67.0 Å². The molecule has 1 aliphatic rings. The molecule has 1 aliphatic heterocycles. The molecule has 142 valence electrons. The molecule has 0 saturated heterocycles. The molecule has 0 aliphatic carbocycles. The van der Waals surface area contributed by atoms with Crippen molar-refractivity contribution >= 4 is 17.4 Å². The minimum atomic E-state index is -0.0739. The number of fused-ring (bicyclic) bond motifs is 1. The molecule has 2 aromatic carbocycles. The van der Waals surface area contributed by atoms with Crippen molar-refractivity contribution < 1.29 is 4.79 Å². The van der Waals surface area contributed by atoms with Crippen LogP contribution in [0.5, 0.6) is 0 Å². The van der Waals surface area contributed by atoms with E-state index in [0.717, 1.165) is 23.5 Å². The van der Waals surface area contributed by atoms with Crippen LogP contribution in [0, 0.1) is 0 Å². The fraction of sp³-hybridized carbons (Fsp3) is 0.261. The Morgan fingerprint density at radius 2 is 1.86 bits per heavy atom. The van der Waals surface area contributed by atoms with Crippen LogP contribution in [0.1, 0.15) is 35.5 Å². The largest absolute Gasteiger partial charge is 0.333 e. The van der Waals surface area contributed by atoms with Crippen molar-refractivity contribution in [2.45, 2.75) is 32.9 Å². The average molecular weight is 372 g/mol. The Labute approximate surface area is 165 Å². The van der Waals surface area contributed by atoms with Gasteiger partial charge in [-0.3, -0.25) is 4.79 Å². The Balaban J connectivity index is 1.61. The topological polar surface area (TPSA) is 49.3 Å². The Morgan fingerprint density at radius 1 is 1.11 bits per heavy atom. The van der Waals surface area contributed by atoms with Crippen molar-refractivity contribution in [2.24, 2.45) is 0 Å². The summed E-state index contributed by atoms with van der Waals surface area (Å²) in [6.45, 7) is 5.35. The number of hydrogen-bond donors (Lipinski definition) is 0. The number of carbonyl (C=O) groups excluding carboxylic acids is 1. The van der Waals surface area contributed by atoms with Gasteiger partial charge in [0.25, 0.3) is 5.91 Å². The monoisotopic (exact) mass is 372 g/mol. The van der Waals surface area contributed by atoms with Crippen LogP contribution in [0.4, 0.5) is 11.5 Å². The molecule has 4 rings (SSSR count). The Hall–Kier alpha value is -3.21. The van der Waals surface area contributed by atoms with E-state index in [1.165, 1.54) is 11.9 Å². The van der Waals surface area contributed by atoms with Crippen LogP contribution < -0.4 is 4.90 Å². The minimum absolute atomic E-state index is 0.0739. The quantitative estimate of drug-likeness (QED) is 0.673. The normalized spacial score (nSPS) is 15.4. The van der Waals surface area contributed by atoms with Gasteiger partial charge in [-0.2, -0.15) is 0 Å². The number of nitrogens with zero attached hydrogens (tertiary/aromatic N) is 4. The fourth-order valence-electron chi connectivity index (χ4n) is 3.80. The molecule has 0 N–H and O–H groups in total. The number of benzene rings is 2. The predicted octanol–water partition coefficient (Wildman–Crippen LogP) is 4.22. The second-order valence-electron chi connectivity index (χ2n) is 7.12. The molecular formula is C23H24N4O. The van der Waals surface area contributed by atoms with Crippen LogP contribution in [0.3, 0.4) is 0 Å². The van der Waals surface area contributed by atoms with Gasteiger partial charge in [0.2, 0.25) is 0 Å². The van der Waals surface area contributed by atoms with Crippen LogP contribution in [-0.2, 0) is 13.0 Å². The van der Waals surface area contributed by atoms with Gasteiger partial charge in [-0.05, 0) is 37.5 Å². The SMILES string of the molecule is CCN(Cc1ccccc1)C(=O)c1cc(N2c3ccccc3CC2C)ncn1. The van der Waals surface area contributed by atoms with Crippen molar-refractivity contribution in [3.63, 3.8) is 0 Å². The van der Waals surface area contributed by atoms with Crippen LogP contribution in [-0.4, -0.2) is 33.4 Å². The van der Waals surface area contributed by atoms with E-state index in [-0.39, 0.29) is 5.91 Å². The molecule has 0 bridgehead atoms.